The van der Waals surface area contributed by atoms with E-state index in [1.165, 1.54) is 19.3 Å². The van der Waals surface area contributed by atoms with Crippen molar-refractivity contribution in [3.05, 3.63) is 59.7 Å². The maximum Gasteiger partial charge on any atom is 0.338 e. The third-order valence-corrected chi connectivity index (χ3v) is 4.74. The summed E-state index contributed by atoms with van der Waals surface area (Å²) in [5.41, 5.74) is 1.65. The quantitative estimate of drug-likeness (QED) is 0.313. The van der Waals surface area contributed by atoms with Gasteiger partial charge in [-0.2, -0.15) is 0 Å². The highest BCUT2D eigenvalue weighted by Crippen LogP contribution is 2.16. The predicted octanol–water partition coefficient (Wildman–Crippen LogP) is 6.25. The van der Waals surface area contributed by atoms with E-state index in [0.717, 1.165) is 31.4 Å². The summed E-state index contributed by atoms with van der Waals surface area (Å²) in [6, 6.07) is 13.8. The molecule has 30 heavy (non-hydrogen) atoms. The monoisotopic (exact) mass is 411 g/mol. The van der Waals surface area contributed by atoms with Crippen LogP contribution >= 0.6 is 0 Å². The SMILES string of the molecule is CCCCCCOc1ccc(C(=O)Nc2ccc(C(=O)OCCCCC)cc2)cc1. The highest BCUT2D eigenvalue weighted by Gasteiger charge is 2.09. The van der Waals surface area contributed by atoms with Gasteiger partial charge in [0.25, 0.3) is 5.91 Å². The van der Waals surface area contributed by atoms with Crippen LogP contribution in [0.3, 0.4) is 0 Å². The van der Waals surface area contributed by atoms with Crippen LogP contribution in [0.25, 0.3) is 0 Å². The number of benzene rings is 2. The second kappa shape index (κ2) is 13.4. The summed E-state index contributed by atoms with van der Waals surface area (Å²) in [5, 5.41) is 2.84. The summed E-state index contributed by atoms with van der Waals surface area (Å²) in [6.07, 6.45) is 7.65. The second-order valence-corrected chi connectivity index (χ2v) is 7.31. The minimum atomic E-state index is -0.339. The van der Waals surface area contributed by atoms with E-state index >= 15 is 0 Å². The number of esters is 1. The molecular weight excluding hydrogens is 378 g/mol. The number of amides is 1. The van der Waals surface area contributed by atoms with E-state index in [4.69, 9.17) is 9.47 Å². The number of hydrogen-bond donors (Lipinski definition) is 1. The standard InChI is InChI=1S/C25H33NO4/c1-3-5-7-9-18-29-23-16-12-20(13-17-23)24(27)26-22-14-10-21(11-15-22)25(28)30-19-8-6-4-2/h10-17H,3-9,18-19H2,1-2H3,(H,26,27). The molecule has 0 aliphatic rings. The van der Waals surface area contributed by atoms with Crippen molar-refractivity contribution < 1.29 is 19.1 Å². The summed E-state index contributed by atoms with van der Waals surface area (Å²) in [7, 11) is 0. The fourth-order valence-electron chi connectivity index (χ4n) is 2.91. The number of ether oxygens (including phenoxy) is 2. The van der Waals surface area contributed by atoms with Crippen LogP contribution in [-0.4, -0.2) is 25.1 Å². The van der Waals surface area contributed by atoms with Gasteiger partial charge in [0.05, 0.1) is 18.8 Å². The minimum Gasteiger partial charge on any atom is -0.494 e. The number of unbranched alkanes of at least 4 members (excludes halogenated alkanes) is 5. The first-order valence-electron chi connectivity index (χ1n) is 11.0. The molecule has 0 radical (unpaired) electrons. The third kappa shape index (κ3) is 8.27. The van der Waals surface area contributed by atoms with E-state index in [9.17, 15) is 9.59 Å². The van der Waals surface area contributed by atoms with Crippen molar-refractivity contribution in [2.45, 2.75) is 58.8 Å². The van der Waals surface area contributed by atoms with E-state index < -0.39 is 0 Å². The molecule has 0 bridgehead atoms. The molecule has 2 rings (SSSR count). The maximum absolute atomic E-state index is 12.4. The number of rotatable bonds is 13. The van der Waals surface area contributed by atoms with Crippen LogP contribution in [0.15, 0.2) is 48.5 Å². The number of hydrogen-bond acceptors (Lipinski definition) is 4. The van der Waals surface area contributed by atoms with Crippen molar-refractivity contribution >= 4 is 17.6 Å². The zero-order valence-electron chi connectivity index (χ0n) is 18.1. The van der Waals surface area contributed by atoms with Gasteiger partial charge in [-0.25, -0.2) is 4.79 Å². The Labute approximate surface area is 179 Å². The molecule has 5 nitrogen and oxygen atoms in total. The van der Waals surface area contributed by atoms with Crippen LogP contribution in [0.2, 0.25) is 0 Å². The highest BCUT2D eigenvalue weighted by atomic mass is 16.5. The summed E-state index contributed by atoms with van der Waals surface area (Å²) < 4.78 is 10.9. The molecular formula is C25H33NO4. The molecule has 0 saturated carbocycles. The van der Waals surface area contributed by atoms with Gasteiger partial charge in [0, 0.05) is 11.3 Å². The molecule has 2 aromatic carbocycles. The predicted molar refractivity (Wildman–Crippen MR) is 120 cm³/mol. The Morgan fingerprint density at radius 2 is 1.33 bits per heavy atom. The summed E-state index contributed by atoms with van der Waals surface area (Å²) in [5.74, 6) is 0.221. The van der Waals surface area contributed by atoms with Crippen LogP contribution in [0.1, 0.15) is 79.5 Å². The van der Waals surface area contributed by atoms with Gasteiger partial charge >= 0.3 is 5.97 Å². The molecule has 0 aromatic heterocycles. The fraction of sp³-hybridized carbons (Fsp3) is 0.440. The number of carbonyl (C=O) groups is 2. The molecule has 1 N–H and O–H groups in total. The molecule has 162 valence electrons. The smallest absolute Gasteiger partial charge is 0.338 e. The first-order chi connectivity index (χ1) is 14.6. The average molecular weight is 412 g/mol. The van der Waals surface area contributed by atoms with Crippen LogP contribution in [0.5, 0.6) is 5.75 Å². The summed E-state index contributed by atoms with van der Waals surface area (Å²) in [6.45, 7) is 5.41. The molecule has 0 atom stereocenters. The van der Waals surface area contributed by atoms with Gasteiger partial charge in [-0.3, -0.25) is 4.79 Å². The molecule has 0 saturated heterocycles. The van der Waals surface area contributed by atoms with E-state index in [-0.39, 0.29) is 11.9 Å². The Bertz CT molecular complexity index is 769. The van der Waals surface area contributed by atoms with Gasteiger partial charge in [-0.1, -0.05) is 46.0 Å². The van der Waals surface area contributed by atoms with Crippen molar-refractivity contribution in [1.29, 1.82) is 0 Å². The fourth-order valence-corrected chi connectivity index (χ4v) is 2.91. The van der Waals surface area contributed by atoms with Gasteiger partial charge in [0.1, 0.15) is 5.75 Å². The zero-order chi connectivity index (χ0) is 21.6. The highest BCUT2D eigenvalue weighted by molar-refractivity contribution is 6.04. The molecule has 0 aliphatic heterocycles. The topological polar surface area (TPSA) is 64.6 Å². The van der Waals surface area contributed by atoms with Crippen molar-refractivity contribution in [2.75, 3.05) is 18.5 Å². The molecule has 0 heterocycles. The van der Waals surface area contributed by atoms with Gasteiger partial charge < -0.3 is 14.8 Å². The van der Waals surface area contributed by atoms with E-state index in [2.05, 4.69) is 19.2 Å². The lowest BCUT2D eigenvalue weighted by atomic mass is 10.1. The van der Waals surface area contributed by atoms with E-state index in [1.54, 1.807) is 36.4 Å². The normalized spacial score (nSPS) is 10.5. The van der Waals surface area contributed by atoms with Gasteiger partial charge in [0.2, 0.25) is 0 Å². The number of nitrogens with one attached hydrogen (secondary N) is 1. The van der Waals surface area contributed by atoms with Crippen molar-refractivity contribution in [2.24, 2.45) is 0 Å². The molecule has 5 heteroatoms. The Hall–Kier alpha value is -2.82. The van der Waals surface area contributed by atoms with Crippen molar-refractivity contribution in [3.63, 3.8) is 0 Å². The Kier molecular flexibility index (Phi) is 10.5. The van der Waals surface area contributed by atoms with Gasteiger partial charge in [0.15, 0.2) is 0 Å². The maximum atomic E-state index is 12.4. The Morgan fingerprint density at radius 1 is 0.733 bits per heavy atom. The van der Waals surface area contributed by atoms with Crippen molar-refractivity contribution in [1.82, 2.24) is 0 Å². The second-order valence-electron chi connectivity index (χ2n) is 7.31. The largest absolute Gasteiger partial charge is 0.494 e. The number of carbonyl (C=O) groups excluding carboxylic acids is 2. The number of anilines is 1. The lowest BCUT2D eigenvalue weighted by molar-refractivity contribution is 0.0498. The molecule has 0 aliphatic carbocycles. The van der Waals surface area contributed by atoms with E-state index in [1.807, 2.05) is 12.1 Å². The average Bonchev–Trinajstić information content (AvgIpc) is 2.77. The van der Waals surface area contributed by atoms with Gasteiger partial charge in [-0.15, -0.1) is 0 Å². The molecule has 1 amide bonds. The van der Waals surface area contributed by atoms with Gasteiger partial charge in [-0.05, 0) is 61.4 Å². The molecule has 2 aromatic rings. The summed E-state index contributed by atoms with van der Waals surface area (Å²) in [4.78, 5) is 24.4. The minimum absolute atomic E-state index is 0.209. The zero-order valence-corrected chi connectivity index (χ0v) is 18.1. The molecule has 0 fully saturated rings. The first-order valence-corrected chi connectivity index (χ1v) is 11.0. The van der Waals surface area contributed by atoms with Crippen LogP contribution in [0, 0.1) is 0 Å². The van der Waals surface area contributed by atoms with Crippen molar-refractivity contribution in [3.8, 4) is 5.75 Å². The first kappa shape index (κ1) is 23.5. The van der Waals surface area contributed by atoms with Crippen LogP contribution in [0.4, 0.5) is 5.69 Å². The lowest BCUT2D eigenvalue weighted by Crippen LogP contribution is -2.12. The Balaban J connectivity index is 1.80. The molecule has 0 spiro atoms. The third-order valence-electron chi connectivity index (χ3n) is 4.74. The van der Waals surface area contributed by atoms with Crippen LogP contribution < -0.4 is 10.1 Å². The van der Waals surface area contributed by atoms with Crippen LogP contribution in [-0.2, 0) is 4.74 Å². The molecule has 0 unspecified atom stereocenters. The Morgan fingerprint density at radius 3 is 2.00 bits per heavy atom. The van der Waals surface area contributed by atoms with E-state index in [0.29, 0.717) is 30.0 Å². The summed E-state index contributed by atoms with van der Waals surface area (Å²) >= 11 is 0. The lowest BCUT2D eigenvalue weighted by Gasteiger charge is -2.09.